The van der Waals surface area contributed by atoms with E-state index < -0.39 is 0 Å². The molecule has 1 aliphatic rings. The quantitative estimate of drug-likeness (QED) is 0.778. The minimum atomic E-state index is 0.110. The second-order valence-electron chi connectivity index (χ2n) is 4.47. The number of aromatic nitrogens is 2. The Balaban J connectivity index is 1.85. The van der Waals surface area contributed by atoms with Crippen molar-refractivity contribution >= 4 is 17.8 Å². The summed E-state index contributed by atoms with van der Waals surface area (Å²) >= 11 is 1.91. The Hall–Kier alpha value is -0.750. The second-order valence-corrected chi connectivity index (χ2v) is 5.74. The van der Waals surface area contributed by atoms with Crippen LogP contribution in [0.2, 0.25) is 0 Å². The van der Waals surface area contributed by atoms with Gasteiger partial charge in [0, 0.05) is 11.3 Å². The topological polar surface area (TPSA) is 63.0 Å². The third-order valence-electron chi connectivity index (χ3n) is 3.12. The number of hydrogen-bond acceptors (Lipinski definition) is 6. The highest BCUT2D eigenvalue weighted by Gasteiger charge is 2.41. The SMILES string of the molecule is CCNC(C)c1nnc(NCC2(SC)CC2)o1. The van der Waals surface area contributed by atoms with E-state index in [1.807, 2.05) is 18.7 Å². The maximum atomic E-state index is 5.56. The summed E-state index contributed by atoms with van der Waals surface area (Å²) in [6, 6.07) is 0.642. The molecule has 1 saturated carbocycles. The first-order chi connectivity index (χ1) is 8.19. The Labute approximate surface area is 106 Å². The molecule has 0 aliphatic heterocycles. The fraction of sp³-hybridized carbons (Fsp3) is 0.818. The molecule has 1 aliphatic carbocycles. The normalized spacial score (nSPS) is 19.0. The van der Waals surface area contributed by atoms with Crippen LogP contribution in [0.1, 0.15) is 38.6 Å². The summed E-state index contributed by atoms with van der Waals surface area (Å²) in [5.74, 6) is 0.642. The monoisotopic (exact) mass is 256 g/mol. The van der Waals surface area contributed by atoms with Crippen LogP contribution in [0, 0.1) is 0 Å². The molecule has 0 saturated heterocycles. The van der Waals surface area contributed by atoms with E-state index in [4.69, 9.17) is 4.42 Å². The van der Waals surface area contributed by atoms with Gasteiger partial charge in [-0.3, -0.25) is 0 Å². The number of rotatable bonds is 7. The van der Waals surface area contributed by atoms with E-state index in [-0.39, 0.29) is 6.04 Å². The third-order valence-corrected chi connectivity index (χ3v) is 4.54. The summed E-state index contributed by atoms with van der Waals surface area (Å²) in [6.45, 7) is 5.87. The highest BCUT2D eigenvalue weighted by Crippen LogP contribution is 2.46. The van der Waals surface area contributed by atoms with Crippen LogP contribution in [0.3, 0.4) is 0 Å². The van der Waals surface area contributed by atoms with Gasteiger partial charge in [0.05, 0.1) is 6.04 Å². The van der Waals surface area contributed by atoms with Crippen molar-refractivity contribution in [2.75, 3.05) is 24.7 Å². The Kier molecular flexibility index (Phi) is 3.93. The highest BCUT2D eigenvalue weighted by atomic mass is 32.2. The van der Waals surface area contributed by atoms with E-state index in [2.05, 4.69) is 34.0 Å². The molecule has 2 N–H and O–H groups in total. The van der Waals surface area contributed by atoms with Gasteiger partial charge < -0.3 is 15.1 Å². The minimum Gasteiger partial charge on any atom is -0.406 e. The van der Waals surface area contributed by atoms with Crippen molar-refractivity contribution in [3.05, 3.63) is 5.89 Å². The summed E-state index contributed by atoms with van der Waals surface area (Å²) in [7, 11) is 0. The van der Waals surface area contributed by atoms with Crippen LogP contribution < -0.4 is 10.6 Å². The number of nitrogens with zero attached hydrogens (tertiary/aromatic N) is 2. The Morgan fingerprint density at radius 3 is 2.82 bits per heavy atom. The third kappa shape index (κ3) is 3.13. The van der Waals surface area contributed by atoms with E-state index in [9.17, 15) is 0 Å². The number of anilines is 1. The maximum Gasteiger partial charge on any atom is 0.315 e. The molecule has 96 valence electrons. The van der Waals surface area contributed by atoms with Crippen LogP contribution in [0.4, 0.5) is 6.01 Å². The number of nitrogens with one attached hydrogen (secondary N) is 2. The molecule has 0 amide bonds. The van der Waals surface area contributed by atoms with E-state index >= 15 is 0 Å². The Bertz CT molecular complexity index is 364. The van der Waals surface area contributed by atoms with Crippen molar-refractivity contribution in [3.8, 4) is 0 Å². The Morgan fingerprint density at radius 1 is 1.47 bits per heavy atom. The zero-order chi connectivity index (χ0) is 12.3. The van der Waals surface area contributed by atoms with Crippen LogP contribution in [-0.2, 0) is 0 Å². The van der Waals surface area contributed by atoms with Crippen molar-refractivity contribution < 1.29 is 4.42 Å². The van der Waals surface area contributed by atoms with Gasteiger partial charge in [0.2, 0.25) is 5.89 Å². The molecule has 0 spiro atoms. The summed E-state index contributed by atoms with van der Waals surface area (Å²) in [5.41, 5.74) is 0. The molecule has 0 bridgehead atoms. The molecule has 1 aromatic heterocycles. The lowest BCUT2D eigenvalue weighted by Gasteiger charge is -2.11. The molecule has 0 radical (unpaired) electrons. The lowest BCUT2D eigenvalue weighted by molar-refractivity contribution is 0.428. The van der Waals surface area contributed by atoms with Crippen LogP contribution in [-0.4, -0.2) is 34.3 Å². The average Bonchev–Trinajstić information content (AvgIpc) is 2.96. The first-order valence-electron chi connectivity index (χ1n) is 6.05. The van der Waals surface area contributed by atoms with E-state index in [1.54, 1.807) is 0 Å². The Morgan fingerprint density at radius 2 is 2.24 bits per heavy atom. The fourth-order valence-corrected chi connectivity index (χ4v) is 2.43. The lowest BCUT2D eigenvalue weighted by Crippen LogP contribution is -2.18. The number of thioether (sulfide) groups is 1. The van der Waals surface area contributed by atoms with Crippen LogP contribution in [0.25, 0.3) is 0 Å². The molecule has 5 nitrogen and oxygen atoms in total. The lowest BCUT2D eigenvalue weighted by atomic mass is 10.3. The molecule has 6 heteroatoms. The summed E-state index contributed by atoms with van der Waals surface area (Å²) < 4.78 is 5.97. The van der Waals surface area contributed by atoms with Crippen molar-refractivity contribution in [1.82, 2.24) is 15.5 Å². The second kappa shape index (κ2) is 5.27. The smallest absolute Gasteiger partial charge is 0.315 e. The summed E-state index contributed by atoms with van der Waals surface area (Å²) in [4.78, 5) is 0. The van der Waals surface area contributed by atoms with Gasteiger partial charge in [-0.2, -0.15) is 11.8 Å². The summed E-state index contributed by atoms with van der Waals surface area (Å²) in [6.07, 6.45) is 4.70. The molecule has 1 aromatic rings. The van der Waals surface area contributed by atoms with Gasteiger partial charge in [-0.1, -0.05) is 12.0 Å². The standard InChI is InChI=1S/C11H20N4OS/c1-4-12-8(2)9-14-15-10(16-9)13-7-11(17-3)5-6-11/h8,12H,4-7H2,1-3H3,(H,13,15). The molecule has 0 aromatic carbocycles. The van der Waals surface area contributed by atoms with Crippen LogP contribution >= 0.6 is 11.8 Å². The van der Waals surface area contributed by atoms with Crippen molar-refractivity contribution in [3.63, 3.8) is 0 Å². The van der Waals surface area contributed by atoms with E-state index in [1.165, 1.54) is 12.8 Å². The highest BCUT2D eigenvalue weighted by molar-refractivity contribution is 8.00. The van der Waals surface area contributed by atoms with Crippen LogP contribution in [0.5, 0.6) is 0 Å². The van der Waals surface area contributed by atoms with Gasteiger partial charge in [-0.25, -0.2) is 0 Å². The van der Waals surface area contributed by atoms with Crippen molar-refractivity contribution in [1.29, 1.82) is 0 Å². The predicted molar refractivity (Wildman–Crippen MR) is 70.4 cm³/mol. The van der Waals surface area contributed by atoms with Gasteiger partial charge in [0.15, 0.2) is 0 Å². The molecule has 2 rings (SSSR count). The zero-order valence-electron chi connectivity index (χ0n) is 10.6. The first-order valence-corrected chi connectivity index (χ1v) is 7.27. The fourth-order valence-electron chi connectivity index (χ4n) is 1.70. The molecule has 1 atom stereocenters. The molecular weight excluding hydrogens is 236 g/mol. The van der Waals surface area contributed by atoms with E-state index in [0.29, 0.717) is 16.7 Å². The molecular formula is C11H20N4OS. The van der Waals surface area contributed by atoms with Crippen molar-refractivity contribution in [2.24, 2.45) is 0 Å². The molecule has 1 heterocycles. The van der Waals surface area contributed by atoms with E-state index in [0.717, 1.165) is 13.1 Å². The summed E-state index contributed by atoms with van der Waals surface area (Å²) in [5, 5.41) is 14.5. The van der Waals surface area contributed by atoms with Gasteiger partial charge >= 0.3 is 6.01 Å². The van der Waals surface area contributed by atoms with Gasteiger partial charge in [-0.05, 0) is 32.6 Å². The number of hydrogen-bond donors (Lipinski definition) is 2. The minimum absolute atomic E-state index is 0.110. The van der Waals surface area contributed by atoms with Gasteiger partial charge in [-0.15, -0.1) is 5.10 Å². The average molecular weight is 256 g/mol. The molecule has 17 heavy (non-hydrogen) atoms. The molecule has 1 fully saturated rings. The van der Waals surface area contributed by atoms with Crippen molar-refractivity contribution in [2.45, 2.75) is 37.5 Å². The first kappa shape index (κ1) is 12.7. The van der Waals surface area contributed by atoms with Crippen LogP contribution in [0.15, 0.2) is 4.42 Å². The van der Waals surface area contributed by atoms with Gasteiger partial charge in [0.1, 0.15) is 0 Å². The maximum absolute atomic E-state index is 5.56. The van der Waals surface area contributed by atoms with Gasteiger partial charge in [0.25, 0.3) is 0 Å². The predicted octanol–water partition coefficient (Wildman–Crippen LogP) is 2.05. The largest absolute Gasteiger partial charge is 0.406 e. The molecule has 1 unspecified atom stereocenters. The zero-order valence-corrected chi connectivity index (χ0v) is 11.4.